The molecule has 5 atom stereocenters. The lowest BCUT2D eigenvalue weighted by Gasteiger charge is -2.60. The van der Waals surface area contributed by atoms with E-state index in [0.29, 0.717) is 59.9 Å². The van der Waals surface area contributed by atoms with Crippen LogP contribution in [0, 0.1) is 13.8 Å². The highest BCUT2D eigenvalue weighted by atomic mass is 16.7. The highest BCUT2D eigenvalue weighted by Gasteiger charge is 2.57. The summed E-state index contributed by atoms with van der Waals surface area (Å²) >= 11 is 0. The molecule has 4 aliphatic heterocycles. The molecule has 1 unspecified atom stereocenters. The van der Waals surface area contributed by atoms with Crippen LogP contribution in [0.15, 0.2) is 36.4 Å². The topological polar surface area (TPSA) is 127 Å². The van der Waals surface area contributed by atoms with Gasteiger partial charge in [0.25, 0.3) is 0 Å². The predicted octanol–water partition coefficient (Wildman–Crippen LogP) is 4.44. The Hall–Kier alpha value is -4.32. The van der Waals surface area contributed by atoms with Crippen LogP contribution in [-0.4, -0.2) is 77.3 Å². The summed E-state index contributed by atoms with van der Waals surface area (Å²) in [6, 6.07) is 10.0. The van der Waals surface area contributed by atoms with Crippen molar-refractivity contribution in [2.24, 2.45) is 0 Å². The van der Waals surface area contributed by atoms with Gasteiger partial charge in [0, 0.05) is 41.6 Å². The smallest absolute Gasteiger partial charge is 0.308 e. The lowest BCUT2D eigenvalue weighted by molar-refractivity contribution is -0.187. The molecule has 11 nitrogen and oxygen atoms in total. The molecule has 4 heterocycles. The molecule has 0 saturated carbocycles. The number of rotatable bonds is 8. The van der Waals surface area contributed by atoms with E-state index in [4.69, 9.17) is 23.7 Å². The number of carbonyl (C=O) groups is 2. The van der Waals surface area contributed by atoms with Gasteiger partial charge in [0.2, 0.25) is 6.79 Å². The number of aliphatic hydroxyl groups is 1. The van der Waals surface area contributed by atoms with E-state index in [2.05, 4.69) is 4.90 Å². The molecule has 1 fully saturated rings. The number of hydrogen-bond donors (Lipinski definition) is 2. The van der Waals surface area contributed by atoms with Gasteiger partial charge in [-0.1, -0.05) is 43.3 Å². The number of aryl methyl sites for hydroxylation is 2. The number of nitrogens with zero attached hydrogens (tertiary/aromatic N) is 2. The Morgan fingerprint density at radius 1 is 1.02 bits per heavy atom. The molecule has 0 aromatic heterocycles. The number of aromatic hydroxyl groups is 1. The standard InChI is InChI=1S/C37H42N2O9/c1-6-38-26-15-23-14-19(2)33(44-5)32(42)29(23)31(38)25-16-24-30(36-35(46-18-47-36)20(3)34(24)48-21(4)40)27(39(25)37(26)43)17-45-28(41)13-12-22-10-8-7-9-11-22/h7-11,14,25-27,31,37,42-43H,6,12-13,15-18H2,1-5H3/t25?,26-,27-,31-,37-/m0/s1. The first-order valence-electron chi connectivity index (χ1n) is 16.6. The van der Waals surface area contributed by atoms with E-state index in [9.17, 15) is 19.8 Å². The minimum atomic E-state index is -0.957. The molecule has 3 aromatic rings. The molecule has 11 heteroatoms. The zero-order valence-corrected chi connectivity index (χ0v) is 27.9. The molecule has 0 aliphatic carbocycles. The van der Waals surface area contributed by atoms with Crippen molar-refractivity contribution in [3.8, 4) is 28.7 Å². The Morgan fingerprint density at radius 3 is 2.48 bits per heavy atom. The molecule has 2 N–H and O–H groups in total. The van der Waals surface area contributed by atoms with E-state index in [0.717, 1.165) is 27.8 Å². The molecular formula is C37H42N2O9. The molecule has 0 spiro atoms. The normalized spacial score (nSPS) is 23.9. The van der Waals surface area contributed by atoms with Gasteiger partial charge in [-0.25, -0.2) is 0 Å². The van der Waals surface area contributed by atoms with Crippen LogP contribution in [0.2, 0.25) is 0 Å². The van der Waals surface area contributed by atoms with Crippen LogP contribution in [0.1, 0.15) is 71.3 Å². The number of methoxy groups -OCH3 is 1. The number of piperazine rings is 1. The van der Waals surface area contributed by atoms with Gasteiger partial charge in [0.05, 0.1) is 25.2 Å². The summed E-state index contributed by atoms with van der Waals surface area (Å²) in [5.74, 6) is 0.998. The van der Waals surface area contributed by atoms with Crippen molar-refractivity contribution in [1.82, 2.24) is 9.80 Å². The Balaban J connectivity index is 1.36. The second-order valence-corrected chi connectivity index (χ2v) is 13.0. The Morgan fingerprint density at radius 2 is 1.77 bits per heavy atom. The van der Waals surface area contributed by atoms with E-state index < -0.39 is 24.3 Å². The minimum absolute atomic E-state index is 0.0169. The highest BCUT2D eigenvalue weighted by Crippen LogP contribution is 2.58. The number of benzene rings is 3. The third-order valence-electron chi connectivity index (χ3n) is 10.4. The summed E-state index contributed by atoms with van der Waals surface area (Å²) < 4.78 is 29.5. The van der Waals surface area contributed by atoms with E-state index in [1.165, 1.54) is 6.92 Å². The average molecular weight is 659 g/mol. The monoisotopic (exact) mass is 658 g/mol. The zero-order valence-electron chi connectivity index (χ0n) is 27.9. The summed E-state index contributed by atoms with van der Waals surface area (Å²) in [6.45, 7) is 7.66. The van der Waals surface area contributed by atoms with E-state index in [-0.39, 0.29) is 43.6 Å². The van der Waals surface area contributed by atoms with Crippen molar-refractivity contribution in [3.05, 3.63) is 75.3 Å². The molecule has 7 rings (SSSR count). The summed E-state index contributed by atoms with van der Waals surface area (Å²) in [6.07, 6.45) is 0.624. The van der Waals surface area contributed by atoms with Gasteiger partial charge < -0.3 is 33.9 Å². The number of carbonyl (C=O) groups excluding carboxylic acids is 2. The third kappa shape index (κ3) is 5.15. The van der Waals surface area contributed by atoms with E-state index in [1.807, 2.05) is 62.1 Å². The lowest BCUT2D eigenvalue weighted by Crippen LogP contribution is -2.69. The molecular weight excluding hydrogens is 616 g/mol. The molecule has 0 amide bonds. The number of phenolic OH excluding ortho intramolecular Hbond substituents is 1. The van der Waals surface area contributed by atoms with Crippen LogP contribution < -0.4 is 18.9 Å². The minimum Gasteiger partial charge on any atom is -0.504 e. The van der Waals surface area contributed by atoms with Crippen molar-refractivity contribution < 1.29 is 43.5 Å². The number of phenols is 1. The van der Waals surface area contributed by atoms with Crippen LogP contribution in [-0.2, 0) is 33.6 Å². The van der Waals surface area contributed by atoms with E-state index in [1.54, 1.807) is 7.11 Å². The van der Waals surface area contributed by atoms with Gasteiger partial charge in [-0.05, 0) is 56.3 Å². The number of ether oxygens (including phenoxy) is 5. The third-order valence-corrected chi connectivity index (χ3v) is 10.4. The first-order chi connectivity index (χ1) is 23.1. The summed E-state index contributed by atoms with van der Waals surface area (Å²) in [7, 11) is 1.55. The fraction of sp³-hybridized carbons (Fsp3) is 0.459. The molecule has 3 aromatic carbocycles. The van der Waals surface area contributed by atoms with Gasteiger partial charge in [-0.2, -0.15) is 0 Å². The van der Waals surface area contributed by atoms with Crippen LogP contribution in [0.5, 0.6) is 28.7 Å². The maximum atomic E-state index is 13.2. The van der Waals surface area contributed by atoms with Crippen LogP contribution >= 0.6 is 0 Å². The zero-order chi connectivity index (χ0) is 33.9. The van der Waals surface area contributed by atoms with Crippen molar-refractivity contribution in [2.75, 3.05) is 27.1 Å². The first-order valence-corrected chi connectivity index (χ1v) is 16.6. The summed E-state index contributed by atoms with van der Waals surface area (Å²) in [5.41, 5.74) is 5.60. The number of fused-ring (bicyclic) bond motifs is 9. The quantitative estimate of drug-likeness (QED) is 0.264. The molecule has 4 aliphatic rings. The molecule has 0 radical (unpaired) electrons. The molecule has 1 saturated heterocycles. The van der Waals surface area contributed by atoms with Crippen molar-refractivity contribution in [3.63, 3.8) is 0 Å². The summed E-state index contributed by atoms with van der Waals surface area (Å²) in [5, 5.41) is 24.0. The van der Waals surface area contributed by atoms with Crippen LogP contribution in [0.25, 0.3) is 0 Å². The molecule has 254 valence electrons. The van der Waals surface area contributed by atoms with Crippen molar-refractivity contribution >= 4 is 11.9 Å². The predicted molar refractivity (Wildman–Crippen MR) is 174 cm³/mol. The summed E-state index contributed by atoms with van der Waals surface area (Å²) in [4.78, 5) is 30.0. The van der Waals surface area contributed by atoms with Gasteiger partial charge >= 0.3 is 11.9 Å². The molecule has 2 bridgehead atoms. The van der Waals surface area contributed by atoms with Crippen molar-refractivity contribution in [2.45, 2.75) is 83.8 Å². The Bertz CT molecular complexity index is 1760. The fourth-order valence-electron chi connectivity index (χ4n) is 8.49. The number of aliphatic hydroxyl groups excluding tert-OH is 1. The maximum absolute atomic E-state index is 13.2. The Kier molecular flexibility index (Phi) is 8.47. The van der Waals surface area contributed by atoms with Gasteiger partial charge in [-0.3, -0.25) is 19.4 Å². The highest BCUT2D eigenvalue weighted by molar-refractivity contribution is 5.74. The second kappa shape index (κ2) is 12.6. The fourth-order valence-corrected chi connectivity index (χ4v) is 8.49. The van der Waals surface area contributed by atoms with Crippen LogP contribution in [0.4, 0.5) is 0 Å². The Labute approximate surface area is 279 Å². The van der Waals surface area contributed by atoms with Gasteiger partial charge in [-0.15, -0.1) is 0 Å². The first kappa shape index (κ1) is 32.2. The van der Waals surface area contributed by atoms with Gasteiger partial charge in [0.15, 0.2) is 23.0 Å². The van der Waals surface area contributed by atoms with Crippen LogP contribution in [0.3, 0.4) is 0 Å². The molecule has 48 heavy (non-hydrogen) atoms. The largest absolute Gasteiger partial charge is 0.504 e. The average Bonchev–Trinajstić information content (AvgIpc) is 3.57. The van der Waals surface area contributed by atoms with Gasteiger partial charge in [0.1, 0.15) is 18.6 Å². The number of esters is 2. The lowest BCUT2D eigenvalue weighted by atomic mass is 9.73. The number of likely N-dealkylation sites (N-methyl/N-ethyl adjacent to an activating group) is 1. The number of hydrogen-bond acceptors (Lipinski definition) is 11. The SMILES string of the molecule is CCN1[C@@H]2c3c(cc(C)c(OC)c3O)C[C@H]1[C@H](O)N1C2Cc2c(OC(C)=O)c(C)c3c(c2[C@@H]1COC(=O)CCc1ccccc1)OCO3. The van der Waals surface area contributed by atoms with Crippen molar-refractivity contribution in [1.29, 1.82) is 0 Å². The second-order valence-electron chi connectivity index (χ2n) is 13.0. The van der Waals surface area contributed by atoms with E-state index >= 15 is 0 Å². The maximum Gasteiger partial charge on any atom is 0.308 e.